The van der Waals surface area contributed by atoms with E-state index in [4.69, 9.17) is 17.3 Å². The standard InChI is InChI=1S/C19H24ClN5O/c20-16-11-22-18(24-19(26)12-4-3-5-13(21)8-12)9-14(16)15-10-23-25-7-2-1-6-17(15)25/h9-13H,1-8,21H2,(H,22,24,26). The number of amides is 1. The van der Waals surface area contributed by atoms with Crippen molar-refractivity contribution >= 4 is 23.3 Å². The van der Waals surface area contributed by atoms with Crippen LogP contribution in [0.2, 0.25) is 5.02 Å². The van der Waals surface area contributed by atoms with E-state index in [-0.39, 0.29) is 17.9 Å². The zero-order chi connectivity index (χ0) is 18.1. The molecule has 2 atom stereocenters. The number of hydrogen-bond donors (Lipinski definition) is 2. The number of carbonyl (C=O) groups excluding carboxylic acids is 1. The molecule has 1 aliphatic carbocycles. The number of nitrogens with one attached hydrogen (secondary N) is 1. The summed E-state index contributed by atoms with van der Waals surface area (Å²) in [5, 5.41) is 8.01. The van der Waals surface area contributed by atoms with Gasteiger partial charge in [-0.15, -0.1) is 0 Å². The van der Waals surface area contributed by atoms with Crippen molar-refractivity contribution in [2.75, 3.05) is 5.32 Å². The Balaban J connectivity index is 1.57. The van der Waals surface area contributed by atoms with E-state index < -0.39 is 0 Å². The third-order valence-corrected chi connectivity index (χ3v) is 5.77. The van der Waals surface area contributed by atoms with Crippen molar-refractivity contribution in [2.45, 2.75) is 57.5 Å². The summed E-state index contributed by atoms with van der Waals surface area (Å²) >= 11 is 6.41. The maximum atomic E-state index is 12.6. The van der Waals surface area contributed by atoms with Crippen LogP contribution in [0.3, 0.4) is 0 Å². The van der Waals surface area contributed by atoms with Gasteiger partial charge in [-0.1, -0.05) is 18.0 Å². The molecule has 1 saturated carbocycles. The fraction of sp³-hybridized carbons (Fsp3) is 0.526. The quantitative estimate of drug-likeness (QED) is 0.863. The molecule has 3 heterocycles. The highest BCUT2D eigenvalue weighted by atomic mass is 35.5. The predicted molar refractivity (Wildman–Crippen MR) is 102 cm³/mol. The number of anilines is 1. The number of nitrogens with two attached hydrogens (primary N) is 1. The first-order valence-corrected chi connectivity index (χ1v) is 9.76. The minimum absolute atomic E-state index is 0.00189. The van der Waals surface area contributed by atoms with Gasteiger partial charge in [0.1, 0.15) is 5.82 Å². The van der Waals surface area contributed by atoms with Gasteiger partial charge in [0.15, 0.2) is 0 Å². The number of carbonyl (C=O) groups is 1. The van der Waals surface area contributed by atoms with Gasteiger partial charge in [0.2, 0.25) is 5.91 Å². The summed E-state index contributed by atoms with van der Waals surface area (Å²) < 4.78 is 2.05. The molecule has 0 bridgehead atoms. The zero-order valence-electron chi connectivity index (χ0n) is 14.7. The molecule has 7 heteroatoms. The van der Waals surface area contributed by atoms with E-state index in [1.165, 1.54) is 5.69 Å². The van der Waals surface area contributed by atoms with Gasteiger partial charge in [0.25, 0.3) is 0 Å². The van der Waals surface area contributed by atoms with E-state index in [1.54, 1.807) is 6.20 Å². The lowest BCUT2D eigenvalue weighted by Crippen LogP contribution is -2.34. The lowest BCUT2D eigenvalue weighted by atomic mass is 9.85. The monoisotopic (exact) mass is 373 g/mol. The molecule has 3 N–H and O–H groups in total. The molecule has 0 spiro atoms. The van der Waals surface area contributed by atoms with Crippen LogP contribution >= 0.6 is 11.6 Å². The van der Waals surface area contributed by atoms with Gasteiger partial charge in [0.05, 0.1) is 11.2 Å². The third kappa shape index (κ3) is 3.48. The van der Waals surface area contributed by atoms with Crippen LogP contribution in [0.5, 0.6) is 0 Å². The topological polar surface area (TPSA) is 85.8 Å². The summed E-state index contributed by atoms with van der Waals surface area (Å²) in [5.74, 6) is 0.492. The molecule has 26 heavy (non-hydrogen) atoms. The van der Waals surface area contributed by atoms with Gasteiger partial charge in [-0.05, 0) is 44.6 Å². The maximum Gasteiger partial charge on any atom is 0.228 e. The van der Waals surface area contributed by atoms with E-state index in [9.17, 15) is 4.79 Å². The Hall–Kier alpha value is -1.92. The summed E-state index contributed by atoms with van der Waals surface area (Å²) in [5.41, 5.74) is 9.13. The number of nitrogens with zero attached hydrogens (tertiary/aromatic N) is 3. The van der Waals surface area contributed by atoms with E-state index in [2.05, 4.69) is 20.1 Å². The highest BCUT2D eigenvalue weighted by Crippen LogP contribution is 2.34. The van der Waals surface area contributed by atoms with Crippen molar-refractivity contribution < 1.29 is 4.79 Å². The predicted octanol–water partition coefficient (Wildman–Crippen LogP) is 3.39. The lowest BCUT2D eigenvalue weighted by Gasteiger charge is -2.25. The van der Waals surface area contributed by atoms with Crippen LogP contribution in [0.1, 0.15) is 44.2 Å². The molecule has 2 aliphatic rings. The number of hydrogen-bond acceptors (Lipinski definition) is 4. The maximum absolute atomic E-state index is 12.6. The Morgan fingerprint density at radius 1 is 1.23 bits per heavy atom. The zero-order valence-corrected chi connectivity index (χ0v) is 15.5. The molecule has 1 aliphatic heterocycles. The molecule has 1 amide bonds. The van der Waals surface area contributed by atoms with Crippen LogP contribution in [0.15, 0.2) is 18.5 Å². The molecule has 4 rings (SSSR count). The number of aromatic nitrogens is 3. The second-order valence-corrected chi connectivity index (χ2v) is 7.75. The fourth-order valence-electron chi connectivity index (χ4n) is 4.05. The molecule has 138 valence electrons. The molecule has 2 unspecified atom stereocenters. The SMILES string of the molecule is NC1CCCC(C(=O)Nc2cc(-c3cnn4c3CCCC4)c(Cl)cn2)C1. The Morgan fingerprint density at radius 3 is 2.96 bits per heavy atom. The lowest BCUT2D eigenvalue weighted by molar-refractivity contribution is -0.120. The summed E-state index contributed by atoms with van der Waals surface area (Å²) in [6.45, 7) is 0.948. The summed E-state index contributed by atoms with van der Waals surface area (Å²) in [7, 11) is 0. The first kappa shape index (κ1) is 17.5. The minimum Gasteiger partial charge on any atom is -0.328 e. The second kappa shape index (κ2) is 7.37. The van der Waals surface area contributed by atoms with Crippen molar-refractivity contribution in [2.24, 2.45) is 11.7 Å². The summed E-state index contributed by atoms with van der Waals surface area (Å²) in [6.07, 6.45) is 10.4. The number of aryl methyl sites for hydroxylation is 1. The highest BCUT2D eigenvalue weighted by molar-refractivity contribution is 6.33. The normalized spacial score (nSPS) is 22.7. The van der Waals surface area contributed by atoms with Gasteiger partial charge in [-0.2, -0.15) is 5.10 Å². The van der Waals surface area contributed by atoms with Crippen LogP contribution in [-0.2, 0) is 17.8 Å². The van der Waals surface area contributed by atoms with E-state index >= 15 is 0 Å². The van der Waals surface area contributed by atoms with Crippen molar-refractivity contribution in [3.8, 4) is 11.1 Å². The fourth-order valence-corrected chi connectivity index (χ4v) is 4.26. The summed E-state index contributed by atoms with van der Waals surface area (Å²) in [4.78, 5) is 16.9. The van der Waals surface area contributed by atoms with Crippen LogP contribution < -0.4 is 11.1 Å². The molecular weight excluding hydrogens is 350 g/mol. The molecule has 6 nitrogen and oxygen atoms in total. The highest BCUT2D eigenvalue weighted by Gasteiger charge is 2.26. The minimum atomic E-state index is -0.0383. The molecule has 0 aromatic carbocycles. The first-order chi connectivity index (χ1) is 12.6. The van der Waals surface area contributed by atoms with E-state index in [0.29, 0.717) is 10.8 Å². The number of halogens is 1. The Morgan fingerprint density at radius 2 is 2.12 bits per heavy atom. The average molecular weight is 374 g/mol. The number of rotatable bonds is 3. The molecule has 1 fully saturated rings. The first-order valence-electron chi connectivity index (χ1n) is 9.39. The van der Waals surface area contributed by atoms with E-state index in [1.807, 2.05) is 12.3 Å². The van der Waals surface area contributed by atoms with Crippen LogP contribution in [0, 0.1) is 5.92 Å². The van der Waals surface area contributed by atoms with Crippen molar-refractivity contribution in [3.05, 3.63) is 29.2 Å². The van der Waals surface area contributed by atoms with Gasteiger partial charge >= 0.3 is 0 Å². The Bertz CT molecular complexity index is 818. The largest absolute Gasteiger partial charge is 0.328 e. The molecule has 0 saturated heterocycles. The van der Waals surface area contributed by atoms with Crippen LogP contribution in [-0.4, -0.2) is 26.7 Å². The van der Waals surface area contributed by atoms with Crippen LogP contribution in [0.4, 0.5) is 5.82 Å². The molecular formula is C19H24ClN5O. The summed E-state index contributed by atoms with van der Waals surface area (Å²) in [6, 6.07) is 1.97. The van der Waals surface area contributed by atoms with Gasteiger partial charge < -0.3 is 11.1 Å². The van der Waals surface area contributed by atoms with Crippen molar-refractivity contribution in [1.82, 2.24) is 14.8 Å². The van der Waals surface area contributed by atoms with Crippen molar-refractivity contribution in [1.29, 1.82) is 0 Å². The van der Waals surface area contributed by atoms with Gasteiger partial charge in [-0.3, -0.25) is 9.48 Å². The average Bonchev–Trinajstić information content (AvgIpc) is 3.07. The molecule has 2 aromatic rings. The Labute approximate surface area is 158 Å². The second-order valence-electron chi connectivity index (χ2n) is 7.35. The van der Waals surface area contributed by atoms with Crippen LogP contribution in [0.25, 0.3) is 11.1 Å². The Kier molecular flexibility index (Phi) is 4.96. The smallest absolute Gasteiger partial charge is 0.228 e. The van der Waals surface area contributed by atoms with Gasteiger partial charge in [-0.25, -0.2) is 4.98 Å². The number of fused-ring (bicyclic) bond motifs is 1. The molecule has 2 aromatic heterocycles. The van der Waals surface area contributed by atoms with E-state index in [0.717, 1.165) is 62.6 Å². The number of pyridine rings is 1. The van der Waals surface area contributed by atoms with Gasteiger partial charge in [0, 0.05) is 41.5 Å². The third-order valence-electron chi connectivity index (χ3n) is 5.46. The molecule has 0 radical (unpaired) electrons. The van der Waals surface area contributed by atoms with Crippen molar-refractivity contribution in [3.63, 3.8) is 0 Å².